The van der Waals surface area contributed by atoms with Gasteiger partial charge in [-0.15, -0.1) is 0 Å². The molecule has 0 N–H and O–H groups in total. The molecule has 0 bridgehead atoms. The van der Waals surface area contributed by atoms with Crippen LogP contribution in [0.3, 0.4) is 0 Å². The standard InChI is InChI=1S/C14H18O4/c1-16-13(15)10-14-17-9-5-8-12(18-14)11-6-3-2-4-7-11/h2-4,6-7,12,14H,5,8-10H2,1H3/t12-,14-/m1/s1. The minimum Gasteiger partial charge on any atom is -0.469 e. The Kier molecular flexibility index (Phi) is 4.73. The normalized spacial score (nSPS) is 24.3. The second-order valence-corrected chi connectivity index (χ2v) is 4.26. The van der Waals surface area contributed by atoms with E-state index in [1.807, 2.05) is 30.3 Å². The molecule has 1 aromatic carbocycles. The molecule has 1 aliphatic heterocycles. The van der Waals surface area contributed by atoms with Crippen molar-refractivity contribution in [2.24, 2.45) is 0 Å². The second kappa shape index (κ2) is 6.52. The first-order valence-corrected chi connectivity index (χ1v) is 6.18. The third-order valence-corrected chi connectivity index (χ3v) is 2.96. The molecule has 0 aliphatic carbocycles. The Morgan fingerprint density at radius 3 is 2.89 bits per heavy atom. The number of rotatable bonds is 3. The Morgan fingerprint density at radius 1 is 1.39 bits per heavy atom. The summed E-state index contributed by atoms with van der Waals surface area (Å²) in [5, 5.41) is 0. The van der Waals surface area contributed by atoms with Gasteiger partial charge in [-0.25, -0.2) is 0 Å². The van der Waals surface area contributed by atoms with Gasteiger partial charge in [-0.05, 0) is 18.4 Å². The quantitative estimate of drug-likeness (QED) is 0.773. The van der Waals surface area contributed by atoms with Gasteiger partial charge in [-0.2, -0.15) is 0 Å². The first-order valence-electron chi connectivity index (χ1n) is 6.18. The van der Waals surface area contributed by atoms with E-state index in [1.165, 1.54) is 7.11 Å². The number of carbonyl (C=O) groups excluding carboxylic acids is 1. The van der Waals surface area contributed by atoms with E-state index in [-0.39, 0.29) is 18.5 Å². The molecule has 1 saturated heterocycles. The predicted octanol–water partition coefficient (Wildman–Crippen LogP) is 2.44. The van der Waals surface area contributed by atoms with Crippen LogP contribution in [0.5, 0.6) is 0 Å². The largest absolute Gasteiger partial charge is 0.469 e. The van der Waals surface area contributed by atoms with Crippen molar-refractivity contribution >= 4 is 5.97 Å². The Balaban J connectivity index is 2.01. The molecule has 2 atom stereocenters. The second-order valence-electron chi connectivity index (χ2n) is 4.26. The zero-order chi connectivity index (χ0) is 12.8. The number of hydrogen-bond acceptors (Lipinski definition) is 4. The summed E-state index contributed by atoms with van der Waals surface area (Å²) in [5.74, 6) is -0.311. The molecule has 1 fully saturated rings. The Hall–Kier alpha value is -1.39. The van der Waals surface area contributed by atoms with Crippen molar-refractivity contribution < 1.29 is 19.0 Å². The topological polar surface area (TPSA) is 44.8 Å². The Morgan fingerprint density at radius 2 is 2.17 bits per heavy atom. The van der Waals surface area contributed by atoms with Crippen molar-refractivity contribution in [1.29, 1.82) is 0 Å². The highest BCUT2D eigenvalue weighted by Gasteiger charge is 2.24. The van der Waals surface area contributed by atoms with Gasteiger partial charge in [0.2, 0.25) is 0 Å². The van der Waals surface area contributed by atoms with Gasteiger partial charge in [-0.3, -0.25) is 4.79 Å². The van der Waals surface area contributed by atoms with Crippen LogP contribution >= 0.6 is 0 Å². The first kappa shape index (κ1) is 13.1. The molecular formula is C14H18O4. The van der Waals surface area contributed by atoms with E-state index in [9.17, 15) is 4.79 Å². The Labute approximate surface area is 107 Å². The molecule has 0 unspecified atom stereocenters. The van der Waals surface area contributed by atoms with Crippen LogP contribution < -0.4 is 0 Å². The van der Waals surface area contributed by atoms with Crippen LogP contribution in [0.1, 0.15) is 30.9 Å². The van der Waals surface area contributed by atoms with Gasteiger partial charge < -0.3 is 14.2 Å². The van der Waals surface area contributed by atoms with Crippen molar-refractivity contribution in [1.82, 2.24) is 0 Å². The molecule has 18 heavy (non-hydrogen) atoms. The van der Waals surface area contributed by atoms with Crippen LogP contribution in [0.4, 0.5) is 0 Å². The molecule has 0 spiro atoms. The third kappa shape index (κ3) is 3.55. The van der Waals surface area contributed by atoms with Crippen molar-refractivity contribution in [3.05, 3.63) is 35.9 Å². The van der Waals surface area contributed by atoms with Crippen LogP contribution in [0, 0.1) is 0 Å². The molecule has 4 nitrogen and oxygen atoms in total. The summed E-state index contributed by atoms with van der Waals surface area (Å²) >= 11 is 0. The molecule has 1 aliphatic rings. The molecule has 0 radical (unpaired) electrons. The van der Waals surface area contributed by atoms with Crippen LogP contribution in [-0.4, -0.2) is 26.0 Å². The number of benzene rings is 1. The van der Waals surface area contributed by atoms with Crippen LogP contribution in [0.2, 0.25) is 0 Å². The van der Waals surface area contributed by atoms with Gasteiger partial charge in [0, 0.05) is 6.61 Å². The highest BCUT2D eigenvalue weighted by Crippen LogP contribution is 2.28. The number of ether oxygens (including phenoxy) is 3. The van der Waals surface area contributed by atoms with Crippen molar-refractivity contribution in [3.63, 3.8) is 0 Å². The number of methoxy groups -OCH3 is 1. The van der Waals surface area contributed by atoms with Gasteiger partial charge in [0.25, 0.3) is 0 Å². The van der Waals surface area contributed by atoms with Crippen molar-refractivity contribution in [3.8, 4) is 0 Å². The van der Waals surface area contributed by atoms with E-state index < -0.39 is 6.29 Å². The molecule has 4 heteroatoms. The lowest BCUT2D eigenvalue weighted by molar-refractivity contribution is -0.175. The van der Waals surface area contributed by atoms with Crippen LogP contribution in [0.25, 0.3) is 0 Å². The summed E-state index contributed by atoms with van der Waals surface area (Å²) in [5.41, 5.74) is 1.12. The highest BCUT2D eigenvalue weighted by molar-refractivity contribution is 5.69. The number of hydrogen-bond donors (Lipinski definition) is 0. The maximum Gasteiger partial charge on any atom is 0.310 e. The summed E-state index contributed by atoms with van der Waals surface area (Å²) in [6.45, 7) is 0.616. The van der Waals surface area contributed by atoms with E-state index in [1.54, 1.807) is 0 Å². The van der Waals surface area contributed by atoms with E-state index in [0.717, 1.165) is 18.4 Å². The molecule has 0 amide bonds. The van der Waals surface area contributed by atoms with E-state index in [4.69, 9.17) is 9.47 Å². The van der Waals surface area contributed by atoms with Crippen molar-refractivity contribution in [2.45, 2.75) is 31.7 Å². The SMILES string of the molecule is COC(=O)C[C@@H]1OCCC[C@H](c2ccccc2)O1. The maximum absolute atomic E-state index is 11.3. The lowest BCUT2D eigenvalue weighted by atomic mass is 10.1. The van der Waals surface area contributed by atoms with Gasteiger partial charge in [0.15, 0.2) is 6.29 Å². The molecule has 2 rings (SSSR count). The van der Waals surface area contributed by atoms with E-state index in [0.29, 0.717) is 6.61 Å². The zero-order valence-electron chi connectivity index (χ0n) is 10.5. The summed E-state index contributed by atoms with van der Waals surface area (Å²) in [4.78, 5) is 11.3. The van der Waals surface area contributed by atoms with Gasteiger partial charge in [-0.1, -0.05) is 30.3 Å². The molecular weight excluding hydrogens is 232 g/mol. The average molecular weight is 250 g/mol. The Bertz CT molecular complexity index is 377. The fourth-order valence-electron chi connectivity index (χ4n) is 2.01. The lowest BCUT2D eigenvalue weighted by Gasteiger charge is -2.20. The minimum atomic E-state index is -0.509. The average Bonchev–Trinajstić information content (AvgIpc) is 2.65. The van der Waals surface area contributed by atoms with Gasteiger partial charge in [0.05, 0.1) is 19.6 Å². The summed E-state index contributed by atoms with van der Waals surface area (Å²) in [6, 6.07) is 10.0. The first-order chi connectivity index (χ1) is 8.79. The molecule has 0 saturated carbocycles. The predicted molar refractivity (Wildman–Crippen MR) is 65.9 cm³/mol. The van der Waals surface area contributed by atoms with E-state index >= 15 is 0 Å². The third-order valence-electron chi connectivity index (χ3n) is 2.96. The fraction of sp³-hybridized carbons (Fsp3) is 0.500. The fourth-order valence-corrected chi connectivity index (χ4v) is 2.01. The summed E-state index contributed by atoms with van der Waals surface area (Å²) in [7, 11) is 1.37. The smallest absolute Gasteiger partial charge is 0.310 e. The maximum atomic E-state index is 11.3. The van der Waals surface area contributed by atoms with Gasteiger partial charge >= 0.3 is 5.97 Å². The summed E-state index contributed by atoms with van der Waals surface area (Å²) < 4.78 is 16.0. The number of carbonyl (C=O) groups is 1. The zero-order valence-corrected chi connectivity index (χ0v) is 10.5. The molecule has 98 valence electrons. The van der Waals surface area contributed by atoms with Gasteiger partial charge in [0.1, 0.15) is 0 Å². The highest BCUT2D eigenvalue weighted by atomic mass is 16.7. The summed E-state index contributed by atoms with van der Waals surface area (Å²) in [6.07, 6.45) is 1.45. The number of esters is 1. The van der Waals surface area contributed by atoms with E-state index in [2.05, 4.69) is 4.74 Å². The lowest BCUT2D eigenvalue weighted by Crippen LogP contribution is -2.22. The van der Waals surface area contributed by atoms with Crippen molar-refractivity contribution in [2.75, 3.05) is 13.7 Å². The molecule has 1 aromatic rings. The molecule has 0 aromatic heterocycles. The van der Waals surface area contributed by atoms with Crippen LogP contribution in [0.15, 0.2) is 30.3 Å². The monoisotopic (exact) mass is 250 g/mol. The molecule has 1 heterocycles. The van der Waals surface area contributed by atoms with Crippen LogP contribution in [-0.2, 0) is 19.0 Å². The minimum absolute atomic E-state index is 0.0108.